The quantitative estimate of drug-likeness (QED) is 0.508. The van der Waals surface area contributed by atoms with Crippen molar-refractivity contribution in [3.05, 3.63) is 23.8 Å². The highest BCUT2D eigenvalue weighted by atomic mass is 32.2. The topological polar surface area (TPSA) is 66.9 Å². The number of rotatable bonds is 11. The normalized spacial score (nSPS) is 16.9. The smallest absolute Gasteiger partial charge is 0.308 e. The summed E-state index contributed by atoms with van der Waals surface area (Å²) in [7, 11) is -3.65. The summed E-state index contributed by atoms with van der Waals surface area (Å²) in [6.45, 7) is 8.51. The van der Waals surface area contributed by atoms with Crippen LogP contribution >= 0.6 is 0 Å². The molecule has 162 valence electrons. The first-order valence-electron chi connectivity index (χ1n) is 11.0. The fraction of sp³-hybridized carbons (Fsp3) is 0.682. The number of benzene rings is 1. The van der Waals surface area contributed by atoms with Gasteiger partial charge < -0.3 is 14.0 Å². The molecule has 1 aromatic carbocycles. The van der Waals surface area contributed by atoms with Crippen LogP contribution in [0.2, 0.25) is 0 Å². The summed E-state index contributed by atoms with van der Waals surface area (Å²) < 4.78 is 29.9. The number of anilines is 1. The Morgan fingerprint density at radius 3 is 2.31 bits per heavy atom. The lowest BCUT2D eigenvalue weighted by molar-refractivity contribution is -0.139. The zero-order valence-corrected chi connectivity index (χ0v) is 18.7. The summed E-state index contributed by atoms with van der Waals surface area (Å²) >= 11 is 0. The predicted molar refractivity (Wildman–Crippen MR) is 116 cm³/mol. The minimum absolute atomic E-state index is 0.0886. The fourth-order valence-corrected chi connectivity index (χ4v) is 4.24. The molecule has 0 bridgehead atoms. The van der Waals surface area contributed by atoms with Gasteiger partial charge in [-0.05, 0) is 58.4 Å². The van der Waals surface area contributed by atoms with Gasteiger partial charge in [0.05, 0.1) is 5.75 Å². The van der Waals surface area contributed by atoms with Crippen LogP contribution in [0.25, 0.3) is 0 Å². The second-order valence-electron chi connectivity index (χ2n) is 8.18. The molecule has 0 radical (unpaired) electrons. The highest BCUT2D eigenvalue weighted by molar-refractivity contribution is 7.87. The van der Waals surface area contributed by atoms with Crippen LogP contribution in [0, 0.1) is 11.8 Å². The van der Waals surface area contributed by atoms with Crippen LogP contribution in [0.4, 0.5) is 5.69 Å². The van der Waals surface area contributed by atoms with E-state index >= 15 is 0 Å². The van der Waals surface area contributed by atoms with Gasteiger partial charge in [0.2, 0.25) is 5.91 Å². The third-order valence-electron chi connectivity index (χ3n) is 6.05. The molecule has 2 saturated carbocycles. The molecule has 0 unspecified atom stereocenters. The van der Waals surface area contributed by atoms with E-state index in [2.05, 4.69) is 18.7 Å². The molecule has 0 aliphatic heterocycles. The maximum absolute atomic E-state index is 13.0. The number of hydrogen-bond acceptors (Lipinski definition) is 5. The van der Waals surface area contributed by atoms with Crippen LogP contribution in [0.1, 0.15) is 58.4 Å². The van der Waals surface area contributed by atoms with E-state index in [1.54, 1.807) is 13.0 Å². The van der Waals surface area contributed by atoms with E-state index in [9.17, 15) is 13.2 Å². The van der Waals surface area contributed by atoms with Crippen molar-refractivity contribution in [3.63, 3.8) is 0 Å². The van der Waals surface area contributed by atoms with Crippen molar-refractivity contribution in [1.82, 2.24) is 4.90 Å². The van der Waals surface area contributed by atoms with Crippen LogP contribution in [0.3, 0.4) is 0 Å². The molecule has 0 heterocycles. The number of carbonyl (C=O) groups excluding carboxylic acids is 1. The Morgan fingerprint density at radius 2 is 1.79 bits per heavy atom. The largest absolute Gasteiger partial charge is 0.382 e. The molecular weight excluding hydrogens is 388 g/mol. The summed E-state index contributed by atoms with van der Waals surface area (Å²) in [5, 5.41) is 0. The third-order valence-corrected chi connectivity index (χ3v) is 7.19. The van der Waals surface area contributed by atoms with Gasteiger partial charge in [-0.2, -0.15) is 8.42 Å². The molecule has 0 atom stereocenters. The SMILES string of the molecule is CCN(CC)c1ccc(CN(CC2CC2)C(=O)C2CCC2)c(OS(=O)(=O)CC)c1. The van der Waals surface area contributed by atoms with Gasteiger partial charge in [0, 0.05) is 49.4 Å². The van der Waals surface area contributed by atoms with Crippen molar-refractivity contribution < 1.29 is 17.4 Å². The summed E-state index contributed by atoms with van der Waals surface area (Å²) in [6, 6.07) is 5.72. The molecule has 1 aromatic rings. The zero-order valence-electron chi connectivity index (χ0n) is 17.9. The molecular formula is C22H34N2O4S. The summed E-state index contributed by atoms with van der Waals surface area (Å²) in [5.74, 6) is 1.18. The van der Waals surface area contributed by atoms with E-state index in [0.717, 1.165) is 50.1 Å². The van der Waals surface area contributed by atoms with E-state index in [0.29, 0.717) is 18.2 Å². The van der Waals surface area contributed by atoms with Gasteiger partial charge in [-0.1, -0.05) is 12.5 Å². The molecule has 7 heteroatoms. The zero-order chi connectivity index (χ0) is 21.0. The Labute approximate surface area is 175 Å². The minimum atomic E-state index is -3.65. The number of carbonyl (C=O) groups is 1. The van der Waals surface area contributed by atoms with Crippen LogP contribution in [0.15, 0.2) is 18.2 Å². The molecule has 3 rings (SSSR count). The standard InChI is InChI=1S/C22H34N2O4S/c1-4-23(5-2)20-13-12-19(21(14-20)28-29(26,27)6-3)16-24(15-17-10-11-17)22(25)18-8-7-9-18/h12-14,17-18H,4-11,15-16H2,1-3H3. The number of hydrogen-bond donors (Lipinski definition) is 0. The summed E-state index contributed by atoms with van der Waals surface area (Å²) in [5.41, 5.74) is 1.69. The molecule has 2 aliphatic carbocycles. The van der Waals surface area contributed by atoms with Crippen LogP contribution in [-0.2, 0) is 21.5 Å². The van der Waals surface area contributed by atoms with Gasteiger partial charge in [-0.15, -0.1) is 0 Å². The van der Waals surface area contributed by atoms with Gasteiger partial charge in [0.25, 0.3) is 0 Å². The fourth-order valence-electron chi connectivity index (χ4n) is 3.70. The molecule has 0 saturated heterocycles. The van der Waals surface area contributed by atoms with Crippen LogP contribution in [0.5, 0.6) is 5.75 Å². The minimum Gasteiger partial charge on any atom is -0.382 e. The van der Waals surface area contributed by atoms with E-state index in [1.165, 1.54) is 12.8 Å². The lowest BCUT2D eigenvalue weighted by Gasteiger charge is -2.32. The lowest BCUT2D eigenvalue weighted by atomic mass is 9.84. The average Bonchev–Trinajstić information content (AvgIpc) is 3.46. The van der Waals surface area contributed by atoms with Crippen molar-refractivity contribution in [1.29, 1.82) is 0 Å². The van der Waals surface area contributed by atoms with E-state index in [1.807, 2.05) is 17.0 Å². The van der Waals surface area contributed by atoms with Gasteiger partial charge in [0.15, 0.2) is 0 Å². The van der Waals surface area contributed by atoms with E-state index in [4.69, 9.17) is 4.18 Å². The highest BCUT2D eigenvalue weighted by Gasteiger charge is 2.33. The molecule has 2 fully saturated rings. The second kappa shape index (κ2) is 9.37. The highest BCUT2D eigenvalue weighted by Crippen LogP contribution is 2.35. The average molecular weight is 423 g/mol. The van der Waals surface area contributed by atoms with Gasteiger partial charge in [-0.25, -0.2) is 0 Å². The van der Waals surface area contributed by atoms with Gasteiger partial charge in [-0.3, -0.25) is 4.79 Å². The van der Waals surface area contributed by atoms with E-state index in [-0.39, 0.29) is 17.6 Å². The van der Waals surface area contributed by atoms with Crippen molar-refractivity contribution in [2.75, 3.05) is 30.3 Å². The Morgan fingerprint density at radius 1 is 1.10 bits per heavy atom. The molecule has 2 aliphatic rings. The molecule has 6 nitrogen and oxygen atoms in total. The maximum Gasteiger partial charge on any atom is 0.308 e. The van der Waals surface area contributed by atoms with E-state index < -0.39 is 10.1 Å². The molecule has 0 aromatic heterocycles. The van der Waals surface area contributed by atoms with Gasteiger partial charge >= 0.3 is 10.1 Å². The summed E-state index contributed by atoms with van der Waals surface area (Å²) in [6.07, 6.45) is 5.39. The molecule has 1 amide bonds. The number of amides is 1. The first kappa shape index (κ1) is 21.9. The Kier molecular flexibility index (Phi) is 7.09. The monoisotopic (exact) mass is 422 g/mol. The molecule has 0 spiro atoms. The second-order valence-corrected chi connectivity index (χ2v) is 10.0. The van der Waals surface area contributed by atoms with Crippen molar-refractivity contribution in [2.45, 2.75) is 59.4 Å². The van der Waals surface area contributed by atoms with Crippen molar-refractivity contribution in [3.8, 4) is 5.75 Å². The Balaban J connectivity index is 1.88. The van der Waals surface area contributed by atoms with Crippen LogP contribution in [-0.4, -0.2) is 44.6 Å². The first-order valence-corrected chi connectivity index (χ1v) is 12.5. The Hall–Kier alpha value is -1.76. The Bertz CT molecular complexity index is 812. The molecule has 0 N–H and O–H groups in total. The van der Waals surface area contributed by atoms with Crippen LogP contribution < -0.4 is 9.08 Å². The molecule has 29 heavy (non-hydrogen) atoms. The summed E-state index contributed by atoms with van der Waals surface area (Å²) in [4.78, 5) is 17.1. The maximum atomic E-state index is 13.0. The number of nitrogens with zero attached hydrogens (tertiary/aromatic N) is 2. The van der Waals surface area contributed by atoms with Gasteiger partial charge in [0.1, 0.15) is 5.75 Å². The first-order chi connectivity index (χ1) is 13.9. The third kappa shape index (κ3) is 5.65. The predicted octanol–water partition coefficient (Wildman–Crippen LogP) is 3.80. The lowest BCUT2D eigenvalue weighted by Crippen LogP contribution is -2.39. The van der Waals surface area contributed by atoms with Crippen molar-refractivity contribution >= 4 is 21.7 Å². The van der Waals surface area contributed by atoms with Crippen molar-refractivity contribution in [2.24, 2.45) is 11.8 Å².